The van der Waals surface area contributed by atoms with Crippen molar-refractivity contribution in [3.05, 3.63) is 70.0 Å². The van der Waals surface area contributed by atoms with Gasteiger partial charge in [-0.15, -0.1) is 0 Å². The maximum Gasteiger partial charge on any atom is 0.314 e. The Morgan fingerprint density at radius 1 is 1.21 bits per heavy atom. The Hall–Kier alpha value is -3.88. The summed E-state index contributed by atoms with van der Waals surface area (Å²) in [6.45, 7) is 3.25. The van der Waals surface area contributed by atoms with Crippen molar-refractivity contribution in [1.82, 2.24) is 9.78 Å². The number of rotatable bonds is 7. The zero-order valence-corrected chi connectivity index (χ0v) is 16.2. The summed E-state index contributed by atoms with van der Waals surface area (Å²) in [5.74, 6) is -0.138. The van der Waals surface area contributed by atoms with Crippen molar-refractivity contribution in [2.45, 2.75) is 13.8 Å². The van der Waals surface area contributed by atoms with Gasteiger partial charge in [0.15, 0.2) is 12.4 Å². The van der Waals surface area contributed by atoms with E-state index in [1.54, 1.807) is 11.6 Å². The highest BCUT2D eigenvalue weighted by Crippen LogP contribution is 2.31. The lowest BCUT2D eigenvalue weighted by Gasteiger charge is -2.09. The molecule has 0 bridgehead atoms. The number of nitro groups is 1. The zero-order valence-electron chi connectivity index (χ0n) is 16.2. The van der Waals surface area contributed by atoms with Gasteiger partial charge >= 0.3 is 5.69 Å². The molecule has 0 atom stereocenters. The number of carbonyl (C=O) groups is 1. The Kier molecular flexibility index (Phi) is 5.77. The number of nitrogens with one attached hydrogen (secondary N) is 1. The number of amides is 1. The molecule has 3 rings (SSSR count). The van der Waals surface area contributed by atoms with E-state index < -0.39 is 10.8 Å². The SMILES string of the molecule is COc1ccc(OCC(=O)Nc2c(C)nn(-c3ccccc3)c2C)c([N+](=O)[O-])c1. The number of benzene rings is 2. The summed E-state index contributed by atoms with van der Waals surface area (Å²) in [7, 11) is 1.41. The van der Waals surface area contributed by atoms with E-state index in [4.69, 9.17) is 9.47 Å². The minimum absolute atomic E-state index is 0.0145. The van der Waals surface area contributed by atoms with Gasteiger partial charge in [-0.05, 0) is 38.1 Å². The molecule has 0 aliphatic carbocycles. The largest absolute Gasteiger partial charge is 0.496 e. The van der Waals surface area contributed by atoms with Crippen LogP contribution < -0.4 is 14.8 Å². The normalized spacial score (nSPS) is 10.4. The molecule has 0 spiro atoms. The van der Waals surface area contributed by atoms with Gasteiger partial charge in [0.25, 0.3) is 5.91 Å². The number of ether oxygens (including phenoxy) is 2. The zero-order chi connectivity index (χ0) is 21.0. The van der Waals surface area contributed by atoms with E-state index in [1.165, 1.54) is 25.3 Å². The van der Waals surface area contributed by atoms with E-state index in [1.807, 2.05) is 37.3 Å². The molecule has 1 amide bonds. The minimum Gasteiger partial charge on any atom is -0.496 e. The van der Waals surface area contributed by atoms with Crippen molar-refractivity contribution < 1.29 is 19.2 Å². The van der Waals surface area contributed by atoms with Crippen LogP contribution in [-0.4, -0.2) is 34.3 Å². The molecule has 0 aliphatic rings. The number of carbonyl (C=O) groups excluding carboxylic acids is 1. The van der Waals surface area contributed by atoms with Gasteiger partial charge < -0.3 is 14.8 Å². The molecule has 1 N–H and O–H groups in total. The molecular formula is C20H20N4O5. The number of nitrogens with zero attached hydrogens (tertiary/aromatic N) is 3. The highest BCUT2D eigenvalue weighted by Gasteiger charge is 2.19. The molecule has 0 aliphatic heterocycles. The van der Waals surface area contributed by atoms with Crippen LogP contribution in [0.25, 0.3) is 5.69 Å². The maximum absolute atomic E-state index is 12.4. The molecule has 0 saturated carbocycles. The van der Waals surface area contributed by atoms with Gasteiger partial charge in [-0.25, -0.2) is 4.68 Å². The minimum atomic E-state index is -0.589. The fourth-order valence-electron chi connectivity index (χ4n) is 2.85. The van der Waals surface area contributed by atoms with E-state index >= 15 is 0 Å². The smallest absolute Gasteiger partial charge is 0.314 e. The van der Waals surface area contributed by atoms with Crippen LogP contribution in [0, 0.1) is 24.0 Å². The summed E-state index contributed by atoms with van der Waals surface area (Å²) >= 11 is 0. The van der Waals surface area contributed by atoms with Crippen LogP contribution in [0.4, 0.5) is 11.4 Å². The van der Waals surface area contributed by atoms with Gasteiger partial charge in [-0.3, -0.25) is 14.9 Å². The second kappa shape index (κ2) is 8.42. The first-order valence-electron chi connectivity index (χ1n) is 8.77. The van der Waals surface area contributed by atoms with Crippen LogP contribution in [0.5, 0.6) is 11.5 Å². The van der Waals surface area contributed by atoms with E-state index in [0.29, 0.717) is 17.1 Å². The molecule has 0 radical (unpaired) electrons. The number of hydrogen-bond acceptors (Lipinski definition) is 6. The Morgan fingerprint density at radius 2 is 1.93 bits per heavy atom. The Labute approximate surface area is 167 Å². The van der Waals surface area contributed by atoms with Gasteiger partial charge in [0.05, 0.1) is 40.9 Å². The number of anilines is 1. The summed E-state index contributed by atoms with van der Waals surface area (Å²) in [4.78, 5) is 23.0. The molecule has 9 heteroatoms. The number of nitro benzene ring substituents is 1. The number of aromatic nitrogens is 2. The fourth-order valence-corrected chi connectivity index (χ4v) is 2.85. The van der Waals surface area contributed by atoms with Gasteiger partial charge in [-0.1, -0.05) is 18.2 Å². The predicted molar refractivity (Wildman–Crippen MR) is 107 cm³/mol. The van der Waals surface area contributed by atoms with Crippen molar-refractivity contribution in [1.29, 1.82) is 0 Å². The molecule has 150 valence electrons. The molecule has 3 aromatic rings. The molecule has 0 unspecified atom stereocenters. The Bertz CT molecular complexity index is 1050. The number of methoxy groups -OCH3 is 1. The first kappa shape index (κ1) is 19.9. The number of para-hydroxylation sites is 1. The fraction of sp³-hybridized carbons (Fsp3) is 0.200. The monoisotopic (exact) mass is 396 g/mol. The first-order chi connectivity index (χ1) is 13.9. The van der Waals surface area contributed by atoms with Crippen molar-refractivity contribution in [2.75, 3.05) is 19.0 Å². The first-order valence-corrected chi connectivity index (χ1v) is 8.77. The van der Waals surface area contributed by atoms with E-state index in [0.717, 1.165) is 11.4 Å². The predicted octanol–water partition coefficient (Wildman–Crippen LogP) is 3.42. The lowest BCUT2D eigenvalue weighted by Crippen LogP contribution is -2.21. The van der Waals surface area contributed by atoms with Crippen LogP contribution in [0.2, 0.25) is 0 Å². The summed E-state index contributed by atoms with van der Waals surface area (Å²) in [6, 6.07) is 13.7. The molecule has 2 aromatic carbocycles. The lowest BCUT2D eigenvalue weighted by atomic mass is 10.2. The van der Waals surface area contributed by atoms with Crippen LogP contribution in [-0.2, 0) is 4.79 Å². The molecule has 9 nitrogen and oxygen atoms in total. The Morgan fingerprint density at radius 3 is 2.59 bits per heavy atom. The van der Waals surface area contributed by atoms with Gasteiger partial charge in [0.2, 0.25) is 0 Å². The summed E-state index contributed by atoms with van der Waals surface area (Å²) in [6.07, 6.45) is 0. The summed E-state index contributed by atoms with van der Waals surface area (Å²) in [5, 5.41) is 18.4. The van der Waals surface area contributed by atoms with Gasteiger partial charge in [0, 0.05) is 0 Å². The quantitative estimate of drug-likeness (QED) is 0.484. The van der Waals surface area contributed by atoms with Crippen molar-refractivity contribution >= 4 is 17.3 Å². The average molecular weight is 396 g/mol. The molecule has 1 heterocycles. The average Bonchev–Trinajstić information content (AvgIpc) is 3.01. The van der Waals surface area contributed by atoms with Crippen LogP contribution in [0.1, 0.15) is 11.4 Å². The van der Waals surface area contributed by atoms with E-state index in [2.05, 4.69) is 10.4 Å². The maximum atomic E-state index is 12.4. The summed E-state index contributed by atoms with van der Waals surface area (Å²) in [5.41, 5.74) is 2.58. The second-order valence-electron chi connectivity index (χ2n) is 6.22. The van der Waals surface area contributed by atoms with Crippen molar-refractivity contribution in [3.63, 3.8) is 0 Å². The van der Waals surface area contributed by atoms with Crippen molar-refractivity contribution in [2.24, 2.45) is 0 Å². The molecule has 29 heavy (non-hydrogen) atoms. The summed E-state index contributed by atoms with van der Waals surface area (Å²) < 4.78 is 12.1. The third-order valence-corrected chi connectivity index (χ3v) is 4.28. The standard InChI is InChI=1S/C20H20N4O5/c1-13-20(14(2)23(22-13)15-7-5-4-6-8-15)21-19(25)12-29-18-10-9-16(28-3)11-17(18)24(26)27/h4-11H,12H2,1-3H3,(H,21,25). The third-order valence-electron chi connectivity index (χ3n) is 4.28. The van der Waals surface area contributed by atoms with Gasteiger partial charge in [0.1, 0.15) is 5.75 Å². The molecule has 0 saturated heterocycles. The third kappa shape index (κ3) is 4.34. The highest BCUT2D eigenvalue weighted by atomic mass is 16.6. The van der Waals surface area contributed by atoms with E-state index in [9.17, 15) is 14.9 Å². The second-order valence-corrected chi connectivity index (χ2v) is 6.22. The Balaban J connectivity index is 1.73. The molecule has 0 fully saturated rings. The van der Waals surface area contributed by atoms with Crippen LogP contribution >= 0.6 is 0 Å². The van der Waals surface area contributed by atoms with Crippen LogP contribution in [0.3, 0.4) is 0 Å². The molecular weight excluding hydrogens is 376 g/mol. The number of hydrogen-bond donors (Lipinski definition) is 1. The van der Waals surface area contributed by atoms with E-state index in [-0.39, 0.29) is 18.0 Å². The lowest BCUT2D eigenvalue weighted by molar-refractivity contribution is -0.385. The van der Waals surface area contributed by atoms with Gasteiger partial charge in [-0.2, -0.15) is 5.10 Å². The van der Waals surface area contributed by atoms with Crippen molar-refractivity contribution in [3.8, 4) is 17.2 Å². The highest BCUT2D eigenvalue weighted by molar-refractivity contribution is 5.93. The topological polar surface area (TPSA) is 109 Å². The number of aryl methyl sites for hydroxylation is 1. The molecule has 1 aromatic heterocycles. The van der Waals surface area contributed by atoms with Crippen LogP contribution in [0.15, 0.2) is 48.5 Å².